The van der Waals surface area contributed by atoms with Crippen molar-refractivity contribution in [1.82, 2.24) is 24.3 Å². The maximum Gasteiger partial charge on any atom is 0.216 e. The van der Waals surface area contributed by atoms with Crippen LogP contribution in [-0.2, 0) is 21.3 Å². The number of guanidine groups is 1. The summed E-state index contributed by atoms with van der Waals surface area (Å²) in [5, 5.41) is 7.58. The van der Waals surface area contributed by atoms with Gasteiger partial charge in [-0.1, -0.05) is 0 Å². The molecule has 0 bridgehead atoms. The minimum atomic E-state index is -3.28. The van der Waals surface area contributed by atoms with Crippen molar-refractivity contribution in [2.75, 3.05) is 51.6 Å². The van der Waals surface area contributed by atoms with E-state index in [0.29, 0.717) is 39.3 Å². The lowest BCUT2D eigenvalue weighted by molar-refractivity contribution is 0.0904. The number of rotatable bonds is 9. The standard InChI is InChI=1S/C18H34N6O3S/c1-5-19-18(20-6-7-23-15-17(4)14-21-23)22-8-10-24(11-9-22)28(25,26)13-12-27-16(2)3/h14-16H,5-13H2,1-4H3,(H,19,20). The maximum absolute atomic E-state index is 12.5. The molecule has 0 spiro atoms. The van der Waals surface area contributed by atoms with Crippen LogP contribution in [0.5, 0.6) is 0 Å². The SMILES string of the molecule is CCNC(=NCCn1cc(C)cn1)N1CCN(S(=O)(=O)CCOC(C)C)CC1. The Morgan fingerprint density at radius 3 is 2.61 bits per heavy atom. The summed E-state index contributed by atoms with van der Waals surface area (Å²) in [5.74, 6) is 0.856. The van der Waals surface area contributed by atoms with E-state index in [2.05, 4.69) is 20.3 Å². The molecule has 1 saturated heterocycles. The second-order valence-corrected chi connectivity index (χ2v) is 9.23. The first-order valence-electron chi connectivity index (χ1n) is 9.93. The molecule has 0 saturated carbocycles. The summed E-state index contributed by atoms with van der Waals surface area (Å²) >= 11 is 0. The lowest BCUT2D eigenvalue weighted by atomic mass is 10.4. The van der Waals surface area contributed by atoms with Crippen molar-refractivity contribution >= 4 is 16.0 Å². The van der Waals surface area contributed by atoms with Gasteiger partial charge in [0.25, 0.3) is 0 Å². The zero-order valence-electron chi connectivity index (χ0n) is 17.5. The molecule has 0 atom stereocenters. The van der Waals surface area contributed by atoms with Crippen LogP contribution in [0.2, 0.25) is 0 Å². The number of sulfonamides is 1. The Labute approximate surface area is 168 Å². The maximum atomic E-state index is 12.5. The molecule has 0 unspecified atom stereocenters. The van der Waals surface area contributed by atoms with Gasteiger partial charge in [-0.05, 0) is 33.3 Å². The normalized spacial score (nSPS) is 16.8. The molecule has 2 heterocycles. The molecule has 1 aromatic rings. The van der Waals surface area contributed by atoms with Crippen LogP contribution in [-0.4, -0.2) is 91.1 Å². The molecule has 160 valence electrons. The summed E-state index contributed by atoms with van der Waals surface area (Å²) < 4.78 is 33.8. The number of nitrogens with one attached hydrogen (secondary N) is 1. The fourth-order valence-corrected chi connectivity index (χ4v) is 4.25. The Balaban J connectivity index is 1.86. The Morgan fingerprint density at radius 1 is 1.32 bits per heavy atom. The van der Waals surface area contributed by atoms with Crippen LogP contribution in [0.15, 0.2) is 17.4 Å². The number of aryl methyl sites for hydroxylation is 1. The second kappa shape index (κ2) is 10.8. The fraction of sp³-hybridized carbons (Fsp3) is 0.778. The van der Waals surface area contributed by atoms with E-state index in [1.807, 2.05) is 44.8 Å². The number of aromatic nitrogens is 2. The summed E-state index contributed by atoms with van der Waals surface area (Å²) in [4.78, 5) is 6.80. The molecular weight excluding hydrogens is 380 g/mol. The van der Waals surface area contributed by atoms with Crippen molar-refractivity contribution in [2.45, 2.75) is 40.3 Å². The summed E-state index contributed by atoms with van der Waals surface area (Å²) in [6.07, 6.45) is 3.87. The highest BCUT2D eigenvalue weighted by Crippen LogP contribution is 2.09. The van der Waals surface area contributed by atoms with Crippen LogP contribution in [0.1, 0.15) is 26.3 Å². The smallest absolute Gasteiger partial charge is 0.216 e. The molecule has 1 aromatic heterocycles. The third-order valence-electron chi connectivity index (χ3n) is 4.41. The predicted molar refractivity (Wildman–Crippen MR) is 111 cm³/mol. The van der Waals surface area contributed by atoms with Crippen molar-refractivity contribution in [1.29, 1.82) is 0 Å². The van der Waals surface area contributed by atoms with Gasteiger partial charge in [0.2, 0.25) is 10.0 Å². The van der Waals surface area contributed by atoms with Crippen LogP contribution < -0.4 is 5.32 Å². The van der Waals surface area contributed by atoms with Gasteiger partial charge >= 0.3 is 0 Å². The largest absolute Gasteiger partial charge is 0.378 e. The van der Waals surface area contributed by atoms with E-state index in [1.54, 1.807) is 4.31 Å². The minimum Gasteiger partial charge on any atom is -0.378 e. The first kappa shape index (κ1) is 22.6. The molecule has 10 heteroatoms. The van der Waals surface area contributed by atoms with Crippen LogP contribution in [0, 0.1) is 6.92 Å². The predicted octanol–water partition coefficient (Wildman–Crippen LogP) is 0.529. The van der Waals surface area contributed by atoms with Gasteiger partial charge in [0.1, 0.15) is 0 Å². The summed E-state index contributed by atoms with van der Waals surface area (Å²) in [6.45, 7) is 12.4. The Bertz CT molecular complexity index is 723. The third-order valence-corrected chi connectivity index (χ3v) is 6.25. The average Bonchev–Trinajstić information content (AvgIpc) is 3.06. The molecule has 1 aliphatic rings. The number of nitrogens with zero attached hydrogens (tertiary/aromatic N) is 5. The van der Waals surface area contributed by atoms with Crippen LogP contribution in [0.4, 0.5) is 0 Å². The summed E-state index contributed by atoms with van der Waals surface area (Å²) in [7, 11) is -3.28. The molecule has 0 amide bonds. The molecule has 2 rings (SSSR count). The molecule has 28 heavy (non-hydrogen) atoms. The van der Waals surface area contributed by atoms with Gasteiger partial charge in [-0.3, -0.25) is 9.67 Å². The van der Waals surface area contributed by atoms with E-state index in [-0.39, 0.29) is 18.5 Å². The minimum absolute atomic E-state index is 0.0304. The van der Waals surface area contributed by atoms with E-state index >= 15 is 0 Å². The Hall–Kier alpha value is -1.65. The van der Waals surface area contributed by atoms with Crippen LogP contribution in [0.25, 0.3) is 0 Å². The van der Waals surface area contributed by atoms with E-state index in [9.17, 15) is 8.42 Å². The molecule has 9 nitrogen and oxygen atoms in total. The van der Waals surface area contributed by atoms with Crippen molar-refractivity contribution in [3.63, 3.8) is 0 Å². The first-order valence-corrected chi connectivity index (χ1v) is 11.5. The molecular formula is C18H34N6O3S. The van der Waals surface area contributed by atoms with Crippen molar-refractivity contribution in [2.24, 2.45) is 4.99 Å². The Morgan fingerprint density at radius 2 is 2.04 bits per heavy atom. The van der Waals surface area contributed by atoms with Crippen LogP contribution >= 0.6 is 0 Å². The van der Waals surface area contributed by atoms with Crippen molar-refractivity contribution < 1.29 is 13.2 Å². The molecule has 0 radical (unpaired) electrons. The van der Waals surface area contributed by atoms with Gasteiger partial charge in [-0.2, -0.15) is 9.40 Å². The van der Waals surface area contributed by atoms with E-state index in [4.69, 9.17) is 4.74 Å². The van der Waals surface area contributed by atoms with Gasteiger partial charge in [-0.15, -0.1) is 0 Å². The fourth-order valence-electron chi connectivity index (χ4n) is 2.97. The lowest BCUT2D eigenvalue weighted by Crippen LogP contribution is -2.54. The lowest BCUT2D eigenvalue weighted by Gasteiger charge is -2.35. The Kier molecular flexibility index (Phi) is 8.71. The summed E-state index contributed by atoms with van der Waals surface area (Å²) in [5.41, 5.74) is 1.13. The number of hydrogen-bond acceptors (Lipinski definition) is 5. The highest BCUT2D eigenvalue weighted by molar-refractivity contribution is 7.89. The quantitative estimate of drug-likeness (QED) is 0.468. The highest BCUT2D eigenvalue weighted by atomic mass is 32.2. The third kappa shape index (κ3) is 7.06. The second-order valence-electron chi connectivity index (χ2n) is 7.14. The van der Waals surface area contributed by atoms with Gasteiger partial charge < -0.3 is 15.0 Å². The molecule has 1 N–H and O–H groups in total. The van der Waals surface area contributed by atoms with Crippen molar-refractivity contribution in [3.05, 3.63) is 18.0 Å². The monoisotopic (exact) mass is 414 g/mol. The van der Waals surface area contributed by atoms with E-state index in [1.165, 1.54) is 0 Å². The number of ether oxygens (including phenoxy) is 1. The topological polar surface area (TPSA) is 92.1 Å². The van der Waals surface area contributed by atoms with E-state index in [0.717, 1.165) is 18.1 Å². The average molecular weight is 415 g/mol. The van der Waals surface area contributed by atoms with E-state index < -0.39 is 10.0 Å². The highest BCUT2D eigenvalue weighted by Gasteiger charge is 2.27. The number of aliphatic imine (C=N–C) groups is 1. The van der Waals surface area contributed by atoms with Gasteiger partial charge in [0.15, 0.2) is 5.96 Å². The first-order chi connectivity index (χ1) is 13.3. The molecule has 1 aliphatic heterocycles. The number of hydrogen-bond donors (Lipinski definition) is 1. The zero-order chi connectivity index (χ0) is 20.6. The van der Waals surface area contributed by atoms with Crippen molar-refractivity contribution in [3.8, 4) is 0 Å². The summed E-state index contributed by atoms with van der Waals surface area (Å²) in [6, 6.07) is 0. The van der Waals surface area contributed by atoms with Crippen LogP contribution in [0.3, 0.4) is 0 Å². The molecule has 0 aromatic carbocycles. The van der Waals surface area contributed by atoms with Gasteiger partial charge in [-0.25, -0.2) is 8.42 Å². The zero-order valence-corrected chi connectivity index (χ0v) is 18.3. The van der Waals surface area contributed by atoms with Gasteiger partial charge in [0, 0.05) is 38.9 Å². The number of piperazine rings is 1. The molecule has 0 aliphatic carbocycles. The molecule has 1 fully saturated rings. The van der Waals surface area contributed by atoms with Gasteiger partial charge in [0.05, 0.1) is 37.8 Å².